The number of rotatable bonds is 1. The maximum atomic E-state index is 6.31. The van der Waals surface area contributed by atoms with Gasteiger partial charge in [0.25, 0.3) is 0 Å². The molecular formula is C12H12AuClP. The topological polar surface area (TPSA) is 0 Å². The van der Waals surface area contributed by atoms with Crippen LogP contribution in [-0.2, 0) is 22.4 Å². The van der Waals surface area contributed by atoms with Crippen molar-refractivity contribution in [2.75, 3.05) is 0 Å². The number of halogens is 1. The Morgan fingerprint density at radius 1 is 1.07 bits per heavy atom. The summed E-state index contributed by atoms with van der Waals surface area (Å²) in [6.45, 7) is 4.22. The molecule has 1 atom stereocenters. The molecule has 15 heavy (non-hydrogen) atoms. The van der Waals surface area contributed by atoms with Crippen molar-refractivity contribution in [1.82, 2.24) is 0 Å². The second-order valence-electron chi connectivity index (χ2n) is 3.43. The van der Waals surface area contributed by atoms with Crippen molar-refractivity contribution < 1.29 is 22.4 Å². The molecular weight excluding hydrogens is 408 g/mol. The first-order valence-corrected chi connectivity index (χ1v) is 6.38. The van der Waals surface area contributed by atoms with Crippen molar-refractivity contribution in [3.8, 4) is 5.30 Å². The SMILES string of the molecule is Cc1cp(-c2ccccc2)c(Cl)c1C.[Au]. The average molecular weight is 420 g/mol. The van der Waals surface area contributed by atoms with E-state index in [1.807, 2.05) is 6.07 Å². The van der Waals surface area contributed by atoms with Crippen molar-refractivity contribution in [2.24, 2.45) is 0 Å². The molecule has 2 aromatic rings. The maximum Gasteiger partial charge on any atom is 0.0672 e. The Morgan fingerprint density at radius 3 is 2.13 bits per heavy atom. The van der Waals surface area contributed by atoms with Gasteiger partial charge in [0.1, 0.15) is 0 Å². The van der Waals surface area contributed by atoms with Crippen LogP contribution in [0.4, 0.5) is 0 Å². The van der Waals surface area contributed by atoms with Crippen LogP contribution in [0.1, 0.15) is 11.1 Å². The average Bonchev–Trinajstić information content (AvgIpc) is 2.47. The molecule has 1 aromatic carbocycles. The Hall–Kier alpha value is 0.0303. The van der Waals surface area contributed by atoms with E-state index in [-0.39, 0.29) is 22.4 Å². The van der Waals surface area contributed by atoms with Gasteiger partial charge in [-0.2, -0.15) is 0 Å². The van der Waals surface area contributed by atoms with Crippen molar-refractivity contribution >= 4 is 19.1 Å². The Balaban J connectivity index is 0.00000112. The first-order chi connectivity index (χ1) is 6.70. The second-order valence-corrected chi connectivity index (χ2v) is 6.04. The molecule has 2 rings (SSSR count). The Kier molecular flexibility index (Phi) is 4.70. The molecule has 1 heterocycles. The summed E-state index contributed by atoms with van der Waals surface area (Å²) in [5.41, 5.74) is 2.58. The zero-order chi connectivity index (χ0) is 10.1. The second kappa shape index (κ2) is 5.39. The minimum absolute atomic E-state index is 0. The zero-order valence-corrected chi connectivity index (χ0v) is 12.4. The van der Waals surface area contributed by atoms with E-state index < -0.39 is 7.53 Å². The summed E-state index contributed by atoms with van der Waals surface area (Å²) in [5, 5.41) is 1.34. The molecule has 0 bridgehead atoms. The Labute approximate surface area is 112 Å². The molecule has 0 nitrogen and oxygen atoms in total. The molecule has 0 saturated carbocycles. The van der Waals surface area contributed by atoms with Gasteiger partial charge < -0.3 is 0 Å². The third-order valence-corrected chi connectivity index (χ3v) is 5.56. The third kappa shape index (κ3) is 2.58. The van der Waals surface area contributed by atoms with E-state index in [0.717, 1.165) is 4.75 Å². The smallest absolute Gasteiger partial charge is 0.0672 e. The molecule has 3 heteroatoms. The minimum Gasteiger partial charge on any atom is -0.0790 e. The summed E-state index contributed by atoms with van der Waals surface area (Å²) in [6, 6.07) is 10.5. The van der Waals surface area contributed by atoms with Gasteiger partial charge in [0.05, 0.1) is 4.75 Å². The van der Waals surface area contributed by atoms with Gasteiger partial charge in [0, 0.05) is 22.4 Å². The van der Waals surface area contributed by atoms with Crippen LogP contribution in [0.2, 0.25) is 4.75 Å². The van der Waals surface area contributed by atoms with Gasteiger partial charge >= 0.3 is 0 Å². The summed E-state index contributed by atoms with van der Waals surface area (Å²) >= 11 is 6.31. The molecule has 0 aliphatic heterocycles. The summed E-state index contributed by atoms with van der Waals surface area (Å²) in [4.78, 5) is 0. The van der Waals surface area contributed by atoms with Crippen LogP contribution < -0.4 is 0 Å². The quantitative estimate of drug-likeness (QED) is 0.575. The fourth-order valence-corrected chi connectivity index (χ4v) is 4.16. The molecule has 0 aliphatic carbocycles. The predicted molar refractivity (Wildman–Crippen MR) is 65.0 cm³/mol. The van der Waals surface area contributed by atoms with Gasteiger partial charge in [0.15, 0.2) is 0 Å². The molecule has 0 fully saturated rings. The number of hydrogen-bond acceptors (Lipinski definition) is 0. The van der Waals surface area contributed by atoms with E-state index in [4.69, 9.17) is 11.6 Å². The summed E-state index contributed by atoms with van der Waals surface area (Å²) in [6.07, 6.45) is 0. The van der Waals surface area contributed by atoms with Crippen LogP contribution in [0, 0.1) is 13.8 Å². The molecule has 0 saturated heterocycles. The van der Waals surface area contributed by atoms with Crippen molar-refractivity contribution in [1.29, 1.82) is 0 Å². The fraction of sp³-hybridized carbons (Fsp3) is 0.167. The van der Waals surface area contributed by atoms with Crippen molar-refractivity contribution in [3.05, 3.63) is 52.0 Å². The standard InChI is InChI=1S/C12H12ClP.Au/c1-9-8-14(12(13)10(9)2)11-6-4-3-5-7-11;/h3-8H,1-2H3;. The molecule has 0 spiro atoms. The maximum absolute atomic E-state index is 6.31. The third-order valence-electron chi connectivity index (χ3n) is 2.47. The van der Waals surface area contributed by atoms with E-state index in [1.54, 1.807) is 0 Å². The Morgan fingerprint density at radius 2 is 1.67 bits per heavy atom. The van der Waals surface area contributed by atoms with Gasteiger partial charge in [-0.05, 0) is 36.1 Å². The van der Waals surface area contributed by atoms with Crippen molar-refractivity contribution in [3.63, 3.8) is 0 Å². The van der Waals surface area contributed by atoms with Crippen LogP contribution >= 0.6 is 19.1 Å². The van der Waals surface area contributed by atoms with Gasteiger partial charge in [0.2, 0.25) is 0 Å². The molecule has 0 N–H and O–H groups in total. The first kappa shape index (κ1) is 13.1. The fourth-order valence-electron chi connectivity index (χ4n) is 1.47. The first-order valence-electron chi connectivity index (χ1n) is 4.59. The van der Waals surface area contributed by atoms with E-state index in [2.05, 4.69) is 43.9 Å². The van der Waals surface area contributed by atoms with Gasteiger partial charge in [-0.25, -0.2) is 0 Å². The van der Waals surface area contributed by atoms with Crippen molar-refractivity contribution in [2.45, 2.75) is 13.8 Å². The molecule has 83 valence electrons. The van der Waals surface area contributed by atoms with Crippen LogP contribution in [0.15, 0.2) is 36.1 Å². The molecule has 0 amide bonds. The van der Waals surface area contributed by atoms with Crippen LogP contribution in [0.5, 0.6) is 0 Å². The largest absolute Gasteiger partial charge is 0.0790 e. The monoisotopic (exact) mass is 419 g/mol. The van der Waals surface area contributed by atoms with Crippen LogP contribution in [0.3, 0.4) is 0 Å². The summed E-state index contributed by atoms with van der Waals surface area (Å²) in [5.74, 6) is 2.29. The molecule has 1 aromatic heterocycles. The minimum atomic E-state index is -0.397. The molecule has 0 aliphatic rings. The zero-order valence-electron chi connectivity index (χ0n) is 8.59. The summed E-state index contributed by atoms with van der Waals surface area (Å²) < 4.78 is 1.03. The van der Waals surface area contributed by atoms with Crippen LogP contribution in [0.25, 0.3) is 5.30 Å². The molecule has 1 radical (unpaired) electrons. The van der Waals surface area contributed by atoms with E-state index in [0.29, 0.717) is 0 Å². The van der Waals surface area contributed by atoms with Gasteiger partial charge in [-0.1, -0.05) is 49.5 Å². The van der Waals surface area contributed by atoms with E-state index in [9.17, 15) is 0 Å². The van der Waals surface area contributed by atoms with E-state index >= 15 is 0 Å². The van der Waals surface area contributed by atoms with Gasteiger partial charge in [-0.3, -0.25) is 0 Å². The number of aryl methyl sites for hydroxylation is 1. The Bertz CT molecular complexity index is 448. The number of benzene rings is 1. The van der Waals surface area contributed by atoms with Gasteiger partial charge in [-0.15, -0.1) is 0 Å². The summed E-state index contributed by atoms with van der Waals surface area (Å²) in [7, 11) is -0.397. The van der Waals surface area contributed by atoms with E-state index in [1.165, 1.54) is 16.4 Å². The normalized spacial score (nSPS) is 11.0. The van der Waals surface area contributed by atoms with Crippen LogP contribution in [-0.4, -0.2) is 0 Å². The molecule has 1 unspecified atom stereocenters. The number of hydrogen-bond donors (Lipinski definition) is 0. The predicted octanol–water partition coefficient (Wildman–Crippen LogP) is 4.93.